The van der Waals surface area contributed by atoms with Crippen molar-refractivity contribution < 1.29 is 89.7 Å². The van der Waals surface area contributed by atoms with E-state index in [0.29, 0.717) is 0 Å². The van der Waals surface area contributed by atoms with Crippen LogP contribution in [0.25, 0.3) is 22.3 Å². The zero-order chi connectivity index (χ0) is 39.5. The molecular formula is C20H27BrN10O19P4. The largest absolute Gasteiger partial charge is 0.490 e. The third-order valence-electron chi connectivity index (χ3n) is 7.48. The van der Waals surface area contributed by atoms with Crippen molar-refractivity contribution in [3.63, 3.8) is 0 Å². The van der Waals surface area contributed by atoms with E-state index in [0.717, 1.165) is 28.1 Å². The maximum atomic E-state index is 12.5. The summed E-state index contributed by atoms with van der Waals surface area (Å²) < 4.78 is 83.7. The number of anilines is 2. The molecular weight excluding hydrogens is 888 g/mol. The zero-order valence-electron chi connectivity index (χ0n) is 26.2. The highest BCUT2D eigenvalue weighted by Gasteiger charge is 2.50. The van der Waals surface area contributed by atoms with Crippen molar-refractivity contribution >= 4 is 81.2 Å². The second kappa shape index (κ2) is 15.1. The standard InChI is InChI=1S/C20H27BrN10O19P4/c21-20-29-9-15(23)25-4-27-17(9)31(20)19-13(35)11(33)7(47-19)2-45-52(38,39)49-54(42,43)50-53(40,41)48-51(36,37)44-1-6-10(32)12(34)18(46-6)30-5-28-8-14(22)24-3-26-16(8)30/h3-7,10-13,18-19,32-35H,1-2H2,(H,36,37)(H,38,39)(H,40,41)(H,42,43)(H2,22,24,26)(H2,23,25,27)/t6-,7-,10-,11-,12-,13-,18-,19-/m1/s1. The summed E-state index contributed by atoms with van der Waals surface area (Å²) in [7, 11) is -24.0. The monoisotopic (exact) mass is 914 g/mol. The second-order valence-corrected chi connectivity index (χ2v) is 18.0. The van der Waals surface area contributed by atoms with Crippen molar-refractivity contribution in [1.29, 1.82) is 0 Å². The first-order valence-electron chi connectivity index (χ1n) is 14.4. The molecule has 2 saturated heterocycles. The smallest absolute Gasteiger partial charge is 0.387 e. The van der Waals surface area contributed by atoms with E-state index in [4.69, 9.17) is 20.9 Å². The Kier molecular flexibility index (Phi) is 11.5. The minimum absolute atomic E-state index is 0.0155. The number of aliphatic hydroxyl groups excluding tert-OH is 4. The van der Waals surface area contributed by atoms with E-state index in [9.17, 15) is 58.3 Å². The van der Waals surface area contributed by atoms with Gasteiger partial charge in [-0.25, -0.2) is 48.2 Å². The summed E-state index contributed by atoms with van der Waals surface area (Å²) in [6.45, 7) is -2.24. The number of rotatable bonds is 14. The van der Waals surface area contributed by atoms with Gasteiger partial charge in [0, 0.05) is 0 Å². The lowest BCUT2D eigenvalue weighted by Gasteiger charge is -2.21. The first kappa shape index (κ1) is 41.1. The highest BCUT2D eigenvalue weighted by molar-refractivity contribution is 9.10. The summed E-state index contributed by atoms with van der Waals surface area (Å²) in [5.74, 6) is -0.0522. The minimum Gasteiger partial charge on any atom is -0.387 e. The minimum atomic E-state index is -6.21. The van der Waals surface area contributed by atoms with Crippen LogP contribution in [0, 0.1) is 0 Å². The van der Waals surface area contributed by atoms with Gasteiger partial charge in [-0.1, -0.05) is 0 Å². The van der Waals surface area contributed by atoms with Crippen molar-refractivity contribution in [1.82, 2.24) is 39.0 Å². The van der Waals surface area contributed by atoms with Gasteiger partial charge in [-0.15, -0.1) is 0 Å². The number of imidazole rings is 2. The molecule has 0 spiro atoms. The van der Waals surface area contributed by atoms with Crippen molar-refractivity contribution in [3.8, 4) is 0 Å². The van der Waals surface area contributed by atoms with Crippen LogP contribution in [0.4, 0.5) is 11.6 Å². The number of nitrogens with zero attached hydrogens (tertiary/aromatic N) is 8. The summed E-state index contributed by atoms with van der Waals surface area (Å²) in [4.78, 5) is 63.3. The molecule has 12 atom stereocenters. The maximum Gasteiger partial charge on any atom is 0.490 e. The molecule has 4 aromatic heterocycles. The molecule has 0 bridgehead atoms. The normalized spacial score (nSPS) is 30.6. The Labute approximate surface area is 307 Å². The number of hydrogen-bond acceptors (Lipinski definition) is 23. The number of aromatic nitrogens is 8. The number of phosphoric ester groups is 2. The van der Waals surface area contributed by atoms with Crippen LogP contribution in [0.2, 0.25) is 0 Å². The SMILES string of the molecule is Nc1ncnc2c1ncn2[C@@H]1O[C@H](COP(=O)(O)OP(=O)(O)OP(=O)(O)OP(=O)(O)OC[C@H]2O[C@@H](n3c(Br)nc4c(N)ncnc43)[C@H](O)[C@@H]2O)[C@@H](O)[C@H]1O. The fourth-order valence-electron chi connectivity index (χ4n) is 5.16. The fraction of sp³-hybridized carbons (Fsp3) is 0.500. The number of halogens is 1. The fourth-order valence-corrected chi connectivity index (χ4v) is 10.7. The van der Waals surface area contributed by atoms with E-state index in [2.05, 4.69) is 67.8 Å². The molecule has 0 saturated carbocycles. The first-order valence-corrected chi connectivity index (χ1v) is 21.2. The lowest BCUT2D eigenvalue weighted by atomic mass is 10.1. The average Bonchev–Trinajstić information content (AvgIpc) is 3.78. The number of phosphoric acid groups is 4. The van der Waals surface area contributed by atoms with Crippen molar-refractivity contribution in [2.24, 2.45) is 0 Å². The lowest BCUT2D eigenvalue weighted by Crippen LogP contribution is -2.33. The van der Waals surface area contributed by atoms with Gasteiger partial charge in [0.25, 0.3) is 0 Å². The maximum absolute atomic E-state index is 12.5. The topological polar surface area (TPSA) is 434 Å². The molecule has 34 heteroatoms. The van der Waals surface area contributed by atoms with Crippen LogP contribution in [0.3, 0.4) is 0 Å². The Bertz CT molecular complexity index is 2250. The molecule has 4 aromatic rings. The highest BCUT2D eigenvalue weighted by Crippen LogP contribution is 2.71. The summed E-state index contributed by atoms with van der Waals surface area (Å²) in [6, 6.07) is 0. The van der Waals surface area contributed by atoms with Gasteiger partial charge in [-0.2, -0.15) is 12.9 Å². The Morgan fingerprint density at radius 3 is 1.69 bits per heavy atom. The number of hydrogen-bond donors (Lipinski definition) is 10. The summed E-state index contributed by atoms with van der Waals surface area (Å²) >= 11 is 3.13. The van der Waals surface area contributed by atoms with Gasteiger partial charge in [0.05, 0.1) is 19.5 Å². The van der Waals surface area contributed by atoms with Crippen LogP contribution >= 0.6 is 47.2 Å². The van der Waals surface area contributed by atoms with Gasteiger partial charge >= 0.3 is 31.3 Å². The molecule has 54 heavy (non-hydrogen) atoms. The van der Waals surface area contributed by atoms with Crippen LogP contribution in [0.5, 0.6) is 0 Å². The Balaban J connectivity index is 1.02. The molecule has 0 aromatic carbocycles. The molecule has 4 unspecified atom stereocenters. The lowest BCUT2D eigenvalue weighted by molar-refractivity contribution is -0.0513. The van der Waals surface area contributed by atoms with E-state index < -0.39 is 93.6 Å². The second-order valence-electron chi connectivity index (χ2n) is 11.1. The quantitative estimate of drug-likeness (QED) is 0.0498. The highest BCUT2D eigenvalue weighted by atomic mass is 79.9. The van der Waals surface area contributed by atoms with Gasteiger partial charge in [0.2, 0.25) is 0 Å². The molecule has 6 heterocycles. The molecule has 0 radical (unpaired) electrons. The first-order chi connectivity index (χ1) is 25.1. The number of aliphatic hydroxyl groups is 4. The third-order valence-corrected chi connectivity index (χ3v) is 13.9. The molecule has 2 aliphatic heterocycles. The van der Waals surface area contributed by atoms with E-state index >= 15 is 0 Å². The summed E-state index contributed by atoms with van der Waals surface area (Å²) in [6.07, 6.45) is -9.88. The number of ether oxygens (including phenoxy) is 2. The molecule has 6 rings (SSSR count). The van der Waals surface area contributed by atoms with Gasteiger partial charge in [0.1, 0.15) is 54.8 Å². The van der Waals surface area contributed by atoms with Crippen LogP contribution in [0.15, 0.2) is 23.7 Å². The van der Waals surface area contributed by atoms with Gasteiger partial charge < -0.3 is 60.9 Å². The van der Waals surface area contributed by atoms with Crippen molar-refractivity contribution in [3.05, 3.63) is 23.7 Å². The van der Waals surface area contributed by atoms with Gasteiger partial charge in [0.15, 0.2) is 45.6 Å². The molecule has 0 aliphatic carbocycles. The summed E-state index contributed by atoms with van der Waals surface area (Å²) in [5, 5.41) is 42.0. The third kappa shape index (κ3) is 8.58. The van der Waals surface area contributed by atoms with Gasteiger partial charge in [-0.05, 0) is 15.9 Å². The summed E-state index contributed by atoms with van der Waals surface area (Å²) in [5.41, 5.74) is 11.8. The number of fused-ring (bicyclic) bond motifs is 2. The molecule has 2 aliphatic rings. The van der Waals surface area contributed by atoms with E-state index in [1.165, 1.54) is 0 Å². The van der Waals surface area contributed by atoms with Crippen LogP contribution in [0.1, 0.15) is 12.5 Å². The van der Waals surface area contributed by atoms with E-state index in [1.54, 1.807) is 0 Å². The Hall–Kier alpha value is -2.50. The molecule has 12 N–H and O–H groups in total. The van der Waals surface area contributed by atoms with Crippen molar-refractivity contribution in [2.75, 3.05) is 24.7 Å². The Morgan fingerprint density at radius 2 is 1.13 bits per heavy atom. The van der Waals surface area contributed by atoms with Crippen LogP contribution < -0.4 is 11.5 Å². The van der Waals surface area contributed by atoms with E-state index in [1.807, 2.05) is 0 Å². The van der Waals surface area contributed by atoms with Crippen LogP contribution in [-0.2, 0) is 49.7 Å². The Morgan fingerprint density at radius 1 is 0.667 bits per heavy atom. The van der Waals surface area contributed by atoms with Gasteiger partial charge in [-0.3, -0.25) is 18.2 Å². The van der Waals surface area contributed by atoms with Crippen molar-refractivity contribution in [2.45, 2.75) is 49.1 Å². The number of nitrogens with two attached hydrogens (primary N) is 2. The predicted octanol–water partition coefficient (Wildman–Crippen LogP) is -1.68. The van der Waals surface area contributed by atoms with Crippen LogP contribution in [-0.4, -0.2) is 129 Å². The number of nitrogen functional groups attached to an aromatic ring is 2. The molecule has 2 fully saturated rings. The zero-order valence-corrected chi connectivity index (χ0v) is 31.4. The molecule has 298 valence electrons. The average molecular weight is 915 g/mol. The van der Waals surface area contributed by atoms with E-state index in [-0.39, 0.29) is 38.7 Å². The predicted molar refractivity (Wildman–Crippen MR) is 173 cm³/mol. The molecule has 0 amide bonds. The molecule has 29 nitrogen and oxygen atoms in total.